The fourth-order valence-corrected chi connectivity index (χ4v) is 2.93. The Bertz CT molecular complexity index is 413. The summed E-state index contributed by atoms with van der Waals surface area (Å²) >= 11 is 1.59. The molecule has 0 N–H and O–H groups in total. The molecule has 0 spiro atoms. The molecule has 19 heavy (non-hydrogen) atoms. The molecule has 1 heterocycles. The van der Waals surface area contributed by atoms with Crippen LogP contribution < -0.4 is 0 Å². The molecule has 1 nitrogen and oxygen atoms in total. The van der Waals surface area contributed by atoms with E-state index in [1.807, 2.05) is 0 Å². The highest BCUT2D eigenvalue weighted by Crippen LogP contribution is 2.35. The Morgan fingerprint density at radius 2 is 2.11 bits per heavy atom. The van der Waals surface area contributed by atoms with E-state index in [1.165, 1.54) is 17.7 Å². The molecule has 0 aromatic carbocycles. The van der Waals surface area contributed by atoms with Gasteiger partial charge in [-0.25, -0.2) is 0 Å². The summed E-state index contributed by atoms with van der Waals surface area (Å²) in [4.78, 5) is 13.7. The third kappa shape index (κ3) is 6.11. The van der Waals surface area contributed by atoms with Crippen LogP contribution in [-0.2, 0) is 4.79 Å². The molecule has 0 radical (unpaired) electrons. The molecule has 0 amide bonds. The van der Waals surface area contributed by atoms with Gasteiger partial charge in [-0.2, -0.15) is 0 Å². The minimum absolute atomic E-state index is 0.176. The number of hydrogen-bond acceptors (Lipinski definition) is 2. The summed E-state index contributed by atoms with van der Waals surface area (Å²) in [6, 6.07) is 0. The Balaban J connectivity index is 2.74. The maximum atomic E-state index is 11.6. The van der Waals surface area contributed by atoms with Gasteiger partial charge in [0, 0.05) is 4.91 Å². The van der Waals surface area contributed by atoms with Gasteiger partial charge in [-0.05, 0) is 31.8 Å². The van der Waals surface area contributed by atoms with Gasteiger partial charge in [-0.3, -0.25) is 4.79 Å². The van der Waals surface area contributed by atoms with Crippen molar-refractivity contribution in [3.05, 3.63) is 46.3 Å². The van der Waals surface area contributed by atoms with Gasteiger partial charge in [0.1, 0.15) is 0 Å². The Hall–Kier alpha value is -1.02. The SMILES string of the molecule is CCC=C/C=C\C1=CC(CCCC)C=C(C(C)=O)S1. The maximum Gasteiger partial charge on any atom is 0.166 e. The summed E-state index contributed by atoms with van der Waals surface area (Å²) in [6.45, 7) is 5.98. The maximum absolute atomic E-state index is 11.6. The van der Waals surface area contributed by atoms with Crippen LogP contribution in [0.2, 0.25) is 0 Å². The second-order valence-electron chi connectivity index (χ2n) is 4.76. The summed E-state index contributed by atoms with van der Waals surface area (Å²) < 4.78 is 0. The van der Waals surface area contributed by atoms with E-state index >= 15 is 0 Å². The number of ketones is 1. The average Bonchev–Trinajstić information content (AvgIpc) is 2.41. The van der Waals surface area contributed by atoms with Gasteiger partial charge in [0.25, 0.3) is 0 Å². The molecule has 0 bridgehead atoms. The van der Waals surface area contributed by atoms with E-state index in [0.717, 1.165) is 17.7 Å². The van der Waals surface area contributed by atoms with Crippen LogP contribution in [0.3, 0.4) is 0 Å². The molecule has 0 saturated carbocycles. The Labute approximate surface area is 121 Å². The smallest absolute Gasteiger partial charge is 0.166 e. The summed E-state index contributed by atoms with van der Waals surface area (Å²) in [5.41, 5.74) is 0. The summed E-state index contributed by atoms with van der Waals surface area (Å²) in [6.07, 6.45) is 17.4. The van der Waals surface area contributed by atoms with Crippen molar-refractivity contribution in [1.29, 1.82) is 0 Å². The lowest BCUT2D eigenvalue weighted by molar-refractivity contribution is -0.113. The molecule has 104 valence electrons. The number of hydrogen-bond donors (Lipinski definition) is 0. The van der Waals surface area contributed by atoms with Crippen molar-refractivity contribution in [2.45, 2.75) is 46.5 Å². The van der Waals surface area contributed by atoms with E-state index in [-0.39, 0.29) is 5.78 Å². The number of carbonyl (C=O) groups excluding carboxylic acids is 1. The minimum atomic E-state index is 0.176. The van der Waals surface area contributed by atoms with Crippen LogP contribution in [0.25, 0.3) is 0 Å². The van der Waals surface area contributed by atoms with E-state index in [9.17, 15) is 4.79 Å². The lowest BCUT2D eigenvalue weighted by atomic mass is 10.00. The first-order valence-corrected chi connectivity index (χ1v) is 7.94. The Kier molecular flexibility index (Phi) is 7.57. The van der Waals surface area contributed by atoms with Crippen LogP contribution in [0.15, 0.2) is 46.3 Å². The van der Waals surface area contributed by atoms with E-state index in [0.29, 0.717) is 5.92 Å². The predicted octanol–water partition coefficient (Wildman–Crippen LogP) is 5.42. The zero-order valence-electron chi connectivity index (χ0n) is 12.2. The molecule has 1 rings (SSSR count). The summed E-state index contributed by atoms with van der Waals surface area (Å²) in [7, 11) is 0. The zero-order valence-corrected chi connectivity index (χ0v) is 13.0. The molecule has 1 aliphatic rings. The fraction of sp³-hybridized carbons (Fsp3) is 0.471. The lowest BCUT2D eigenvalue weighted by Crippen LogP contribution is -2.04. The number of Topliss-reactive ketones (excluding diaryl/α,β-unsaturated/α-hetero) is 1. The van der Waals surface area contributed by atoms with Gasteiger partial charge in [-0.1, -0.05) is 68.8 Å². The Morgan fingerprint density at radius 3 is 2.74 bits per heavy atom. The molecule has 2 heteroatoms. The van der Waals surface area contributed by atoms with Gasteiger partial charge in [0.05, 0.1) is 4.91 Å². The average molecular weight is 276 g/mol. The highest BCUT2D eigenvalue weighted by atomic mass is 32.2. The van der Waals surface area contributed by atoms with Crippen molar-refractivity contribution in [1.82, 2.24) is 0 Å². The molecule has 0 fully saturated rings. The van der Waals surface area contributed by atoms with Crippen molar-refractivity contribution >= 4 is 17.5 Å². The molecule has 0 aliphatic carbocycles. The molecule has 0 aromatic rings. The van der Waals surface area contributed by atoms with Crippen LogP contribution in [0.4, 0.5) is 0 Å². The van der Waals surface area contributed by atoms with Gasteiger partial charge in [-0.15, -0.1) is 0 Å². The first-order valence-electron chi connectivity index (χ1n) is 7.13. The van der Waals surface area contributed by atoms with E-state index < -0.39 is 0 Å². The third-order valence-corrected chi connectivity index (χ3v) is 4.10. The van der Waals surface area contributed by atoms with Gasteiger partial charge in [0.2, 0.25) is 0 Å². The Morgan fingerprint density at radius 1 is 1.32 bits per heavy atom. The highest BCUT2D eigenvalue weighted by molar-refractivity contribution is 8.07. The number of unbranched alkanes of at least 4 members (excludes halogenated alkanes) is 1. The molecule has 0 aromatic heterocycles. The van der Waals surface area contributed by atoms with Crippen LogP contribution >= 0.6 is 11.8 Å². The summed E-state index contributed by atoms with van der Waals surface area (Å²) in [5.74, 6) is 0.588. The van der Waals surface area contributed by atoms with Crippen LogP contribution in [0, 0.1) is 5.92 Å². The monoisotopic (exact) mass is 276 g/mol. The third-order valence-electron chi connectivity index (χ3n) is 2.95. The zero-order chi connectivity index (χ0) is 14.1. The van der Waals surface area contributed by atoms with Gasteiger partial charge >= 0.3 is 0 Å². The predicted molar refractivity (Wildman–Crippen MR) is 86.0 cm³/mol. The first kappa shape index (κ1) is 16.0. The minimum Gasteiger partial charge on any atom is -0.294 e. The number of thioether (sulfide) groups is 1. The van der Waals surface area contributed by atoms with Crippen molar-refractivity contribution < 1.29 is 4.79 Å². The van der Waals surface area contributed by atoms with Crippen LogP contribution in [-0.4, -0.2) is 5.78 Å². The van der Waals surface area contributed by atoms with Crippen LogP contribution in [0.5, 0.6) is 0 Å². The second kappa shape index (κ2) is 8.98. The van der Waals surface area contributed by atoms with E-state index in [4.69, 9.17) is 0 Å². The van der Waals surface area contributed by atoms with Crippen molar-refractivity contribution in [2.75, 3.05) is 0 Å². The molecule has 1 atom stereocenters. The molecular formula is C17H24OS. The molecule has 0 saturated heterocycles. The van der Waals surface area contributed by atoms with Gasteiger partial charge in [0.15, 0.2) is 5.78 Å². The van der Waals surface area contributed by atoms with Crippen LogP contribution in [0.1, 0.15) is 46.5 Å². The van der Waals surface area contributed by atoms with E-state index in [1.54, 1.807) is 18.7 Å². The molecular weight excluding hydrogens is 252 g/mol. The topological polar surface area (TPSA) is 17.1 Å². The normalized spacial score (nSPS) is 19.8. The van der Waals surface area contributed by atoms with Crippen molar-refractivity contribution in [3.63, 3.8) is 0 Å². The van der Waals surface area contributed by atoms with Crippen molar-refractivity contribution in [2.24, 2.45) is 5.92 Å². The first-order chi connectivity index (χ1) is 9.17. The quantitative estimate of drug-likeness (QED) is 0.578. The molecule has 1 aliphatic heterocycles. The van der Waals surface area contributed by atoms with E-state index in [2.05, 4.69) is 50.3 Å². The highest BCUT2D eigenvalue weighted by Gasteiger charge is 2.16. The second-order valence-corrected chi connectivity index (χ2v) is 5.88. The lowest BCUT2D eigenvalue weighted by Gasteiger charge is -2.17. The van der Waals surface area contributed by atoms with Crippen molar-refractivity contribution in [3.8, 4) is 0 Å². The fourth-order valence-electron chi connectivity index (χ4n) is 1.90. The largest absolute Gasteiger partial charge is 0.294 e. The standard InChI is InChI=1S/C17H24OS/c1-4-6-8-9-11-16-12-15(10-7-5-2)13-17(19-16)14(3)18/h6,8-9,11-13,15H,4-5,7,10H2,1-3H3/b8-6?,11-9-. The number of rotatable bonds is 7. The van der Waals surface area contributed by atoms with Gasteiger partial charge < -0.3 is 0 Å². The number of carbonyl (C=O) groups is 1. The summed E-state index contributed by atoms with van der Waals surface area (Å²) in [5, 5.41) is 0. The number of allylic oxidation sites excluding steroid dienone is 7. The molecule has 1 unspecified atom stereocenters.